The molecule has 1 aliphatic carbocycles. The summed E-state index contributed by atoms with van der Waals surface area (Å²) < 4.78 is 12.1. The first-order valence-corrected chi connectivity index (χ1v) is 8.16. The molecule has 1 aromatic carbocycles. The minimum absolute atomic E-state index is 0.0999. The molecule has 3 heterocycles. The van der Waals surface area contributed by atoms with E-state index in [2.05, 4.69) is 16.4 Å². The van der Waals surface area contributed by atoms with Gasteiger partial charge in [-0.3, -0.25) is 4.99 Å². The highest BCUT2D eigenvalue weighted by molar-refractivity contribution is 6.03. The standard InChI is InChI=1S/C18H20N2O3/c1-17-9-12(14-11(15(17)21)4-3-5-13(14)22-2)18(23-17)8-10-6-7-19-16(10)20-18/h3-5,8,12,15,21H,6-7,9H2,1-2H3,(H,19,20)/t12-,15+,17+,18-/m0/s1. The normalized spacial score (nSPS) is 39.6. The Kier molecular flexibility index (Phi) is 2.46. The summed E-state index contributed by atoms with van der Waals surface area (Å²) in [4.78, 5) is 4.53. The fraction of sp³-hybridized carbons (Fsp3) is 0.500. The number of methoxy groups -OCH3 is 1. The van der Waals surface area contributed by atoms with Crippen LogP contribution in [0.3, 0.4) is 0 Å². The quantitative estimate of drug-likeness (QED) is 0.833. The summed E-state index contributed by atoms with van der Waals surface area (Å²) in [5.41, 5.74) is 1.98. The molecule has 0 aromatic heterocycles. The van der Waals surface area contributed by atoms with Crippen molar-refractivity contribution in [2.75, 3.05) is 13.7 Å². The Balaban J connectivity index is 1.72. The van der Waals surface area contributed by atoms with E-state index >= 15 is 0 Å². The number of aliphatic hydroxyl groups is 1. The van der Waals surface area contributed by atoms with Crippen LogP contribution in [0.1, 0.15) is 42.9 Å². The molecule has 5 nitrogen and oxygen atoms in total. The van der Waals surface area contributed by atoms with Crippen molar-refractivity contribution in [2.45, 2.75) is 43.1 Å². The van der Waals surface area contributed by atoms with E-state index in [1.54, 1.807) is 7.11 Å². The van der Waals surface area contributed by atoms with E-state index in [0.717, 1.165) is 42.1 Å². The average Bonchev–Trinajstić information content (AvgIpc) is 3.16. The summed E-state index contributed by atoms with van der Waals surface area (Å²) >= 11 is 0. The van der Waals surface area contributed by atoms with Crippen molar-refractivity contribution in [1.29, 1.82) is 0 Å². The molecule has 4 atom stereocenters. The summed E-state index contributed by atoms with van der Waals surface area (Å²) in [6.45, 7) is 2.84. The van der Waals surface area contributed by atoms with Gasteiger partial charge in [-0.05, 0) is 43.0 Å². The highest BCUT2D eigenvalue weighted by Crippen LogP contribution is 2.60. The van der Waals surface area contributed by atoms with Crippen LogP contribution < -0.4 is 10.1 Å². The molecule has 1 aromatic rings. The Morgan fingerprint density at radius 3 is 3.09 bits per heavy atom. The molecule has 0 saturated carbocycles. The van der Waals surface area contributed by atoms with Crippen molar-refractivity contribution >= 4 is 5.84 Å². The van der Waals surface area contributed by atoms with Gasteiger partial charge in [0.25, 0.3) is 0 Å². The van der Waals surface area contributed by atoms with Crippen molar-refractivity contribution < 1.29 is 14.6 Å². The lowest BCUT2D eigenvalue weighted by atomic mass is 9.72. The van der Waals surface area contributed by atoms with Crippen LogP contribution in [0, 0.1) is 0 Å². The number of nitrogens with one attached hydrogen (secondary N) is 1. The van der Waals surface area contributed by atoms with E-state index in [4.69, 9.17) is 9.47 Å². The van der Waals surface area contributed by atoms with Gasteiger partial charge in [-0.25, -0.2) is 0 Å². The molecule has 0 radical (unpaired) electrons. The first-order chi connectivity index (χ1) is 11.1. The third kappa shape index (κ3) is 1.56. The van der Waals surface area contributed by atoms with Gasteiger partial charge in [0, 0.05) is 18.0 Å². The van der Waals surface area contributed by atoms with E-state index in [-0.39, 0.29) is 5.92 Å². The number of amidine groups is 1. The van der Waals surface area contributed by atoms with Gasteiger partial charge >= 0.3 is 0 Å². The zero-order chi connectivity index (χ0) is 15.8. The number of hydrogen-bond acceptors (Lipinski definition) is 5. The highest BCUT2D eigenvalue weighted by atomic mass is 16.6. The molecule has 2 bridgehead atoms. The Bertz CT molecular complexity index is 772. The molecular weight excluding hydrogens is 292 g/mol. The maximum absolute atomic E-state index is 10.9. The van der Waals surface area contributed by atoms with Gasteiger partial charge in [0.1, 0.15) is 17.7 Å². The fourth-order valence-corrected chi connectivity index (χ4v) is 4.71. The second-order valence-electron chi connectivity index (χ2n) is 7.11. The average molecular weight is 312 g/mol. The molecule has 23 heavy (non-hydrogen) atoms. The SMILES string of the molecule is COc1cccc2c1[C@@H]1C[C@@](C)(O[C@@]13C=C1CCN=C1N3)[C@@H]2O. The van der Waals surface area contributed by atoms with E-state index in [9.17, 15) is 5.11 Å². The summed E-state index contributed by atoms with van der Waals surface area (Å²) in [6.07, 6.45) is 3.23. The number of aliphatic hydroxyl groups excluding tert-OH is 1. The number of hydrogen-bond donors (Lipinski definition) is 2. The van der Waals surface area contributed by atoms with E-state index in [1.165, 1.54) is 5.57 Å². The molecule has 5 heteroatoms. The Labute approximate surface area is 135 Å². The molecule has 2 N–H and O–H groups in total. The van der Waals surface area contributed by atoms with Gasteiger partial charge in [-0.2, -0.15) is 0 Å². The molecular formula is C18H20N2O3. The number of fused-ring (bicyclic) bond motifs is 6. The first kappa shape index (κ1) is 13.6. The predicted octanol–water partition coefficient (Wildman–Crippen LogP) is 2.03. The Morgan fingerprint density at radius 2 is 2.30 bits per heavy atom. The van der Waals surface area contributed by atoms with Gasteiger partial charge in [-0.1, -0.05) is 12.1 Å². The van der Waals surface area contributed by atoms with Gasteiger partial charge in [0.2, 0.25) is 0 Å². The second-order valence-corrected chi connectivity index (χ2v) is 7.11. The minimum atomic E-state index is -0.661. The summed E-state index contributed by atoms with van der Waals surface area (Å²) in [5, 5.41) is 14.4. The maximum atomic E-state index is 10.9. The summed E-state index contributed by atoms with van der Waals surface area (Å²) in [5.74, 6) is 1.87. The lowest BCUT2D eigenvalue weighted by molar-refractivity contribution is -0.133. The van der Waals surface area contributed by atoms with Crippen LogP contribution >= 0.6 is 0 Å². The van der Waals surface area contributed by atoms with Gasteiger partial charge in [-0.15, -0.1) is 0 Å². The molecule has 5 rings (SSSR count). The molecule has 120 valence electrons. The maximum Gasteiger partial charge on any atom is 0.167 e. The molecule has 1 fully saturated rings. The molecule has 1 spiro atoms. The minimum Gasteiger partial charge on any atom is -0.496 e. The van der Waals surface area contributed by atoms with E-state index in [1.807, 2.05) is 25.1 Å². The zero-order valence-electron chi connectivity index (χ0n) is 13.3. The van der Waals surface area contributed by atoms with Crippen LogP contribution in [-0.4, -0.2) is 35.9 Å². The molecule has 0 amide bonds. The van der Waals surface area contributed by atoms with Gasteiger partial charge < -0.3 is 19.9 Å². The van der Waals surface area contributed by atoms with Gasteiger partial charge in [0.05, 0.1) is 12.7 Å². The van der Waals surface area contributed by atoms with Crippen molar-refractivity contribution in [3.63, 3.8) is 0 Å². The summed E-state index contributed by atoms with van der Waals surface area (Å²) in [6, 6.07) is 5.87. The predicted molar refractivity (Wildman–Crippen MR) is 85.7 cm³/mol. The molecule has 0 unspecified atom stereocenters. The number of nitrogens with zero attached hydrogens (tertiary/aromatic N) is 1. The van der Waals surface area contributed by atoms with Crippen molar-refractivity contribution in [3.05, 3.63) is 41.0 Å². The number of benzene rings is 1. The number of aliphatic imine (C=N–C) groups is 1. The van der Waals surface area contributed by atoms with Crippen LogP contribution in [-0.2, 0) is 4.74 Å². The van der Waals surface area contributed by atoms with Crippen molar-refractivity contribution in [2.24, 2.45) is 4.99 Å². The third-order valence-corrected chi connectivity index (χ3v) is 5.73. The first-order valence-electron chi connectivity index (χ1n) is 8.16. The number of ether oxygens (including phenoxy) is 2. The lowest BCUT2D eigenvalue weighted by Gasteiger charge is -2.34. The molecule has 1 saturated heterocycles. The Hall–Kier alpha value is -1.85. The molecule has 4 aliphatic rings. The van der Waals surface area contributed by atoms with Crippen LogP contribution in [0.25, 0.3) is 0 Å². The van der Waals surface area contributed by atoms with Crippen LogP contribution in [0.15, 0.2) is 34.8 Å². The number of rotatable bonds is 1. The highest BCUT2D eigenvalue weighted by Gasteiger charge is 2.63. The van der Waals surface area contributed by atoms with Crippen molar-refractivity contribution in [1.82, 2.24) is 5.32 Å². The lowest BCUT2D eigenvalue weighted by Crippen LogP contribution is -2.46. The van der Waals surface area contributed by atoms with E-state index < -0.39 is 17.4 Å². The smallest absolute Gasteiger partial charge is 0.167 e. The third-order valence-electron chi connectivity index (χ3n) is 5.73. The van der Waals surface area contributed by atoms with Crippen LogP contribution in [0.4, 0.5) is 0 Å². The Morgan fingerprint density at radius 1 is 1.43 bits per heavy atom. The topological polar surface area (TPSA) is 63.1 Å². The van der Waals surface area contributed by atoms with Crippen LogP contribution in [0.5, 0.6) is 5.75 Å². The molecule has 3 aliphatic heterocycles. The van der Waals surface area contributed by atoms with E-state index in [0.29, 0.717) is 0 Å². The second kappa shape index (κ2) is 4.16. The monoisotopic (exact) mass is 312 g/mol. The summed E-state index contributed by atoms with van der Waals surface area (Å²) in [7, 11) is 1.68. The van der Waals surface area contributed by atoms with Crippen molar-refractivity contribution in [3.8, 4) is 5.75 Å². The van der Waals surface area contributed by atoms with Crippen LogP contribution in [0.2, 0.25) is 0 Å². The largest absolute Gasteiger partial charge is 0.496 e. The fourth-order valence-electron chi connectivity index (χ4n) is 4.71. The zero-order valence-corrected chi connectivity index (χ0v) is 13.3. The van der Waals surface area contributed by atoms with Gasteiger partial charge in [0.15, 0.2) is 5.72 Å².